The highest BCUT2D eigenvalue weighted by Crippen LogP contribution is 2.09. The zero-order valence-electron chi connectivity index (χ0n) is 15.9. The van der Waals surface area contributed by atoms with E-state index in [9.17, 15) is 4.79 Å². The first-order chi connectivity index (χ1) is 11.0. The fourth-order valence-electron chi connectivity index (χ4n) is 2.57. The van der Waals surface area contributed by atoms with E-state index in [2.05, 4.69) is 27.7 Å². The van der Waals surface area contributed by atoms with Gasteiger partial charge < -0.3 is 9.22 Å². The van der Waals surface area contributed by atoms with Gasteiger partial charge in [0.25, 0.3) is 0 Å². The van der Waals surface area contributed by atoms with Crippen LogP contribution in [0.1, 0.15) is 77.0 Å². The summed E-state index contributed by atoms with van der Waals surface area (Å²) in [5, 5.41) is 0. The van der Waals surface area contributed by atoms with Gasteiger partial charge in [-0.25, -0.2) is 0 Å². The average Bonchev–Trinajstić information content (AvgIpc) is 2.48. The van der Waals surface area contributed by atoms with Crippen molar-refractivity contribution in [2.45, 2.75) is 77.0 Å². The van der Waals surface area contributed by atoms with Crippen LogP contribution < -0.4 is 0 Å². The Labute approximate surface area is 144 Å². The first-order valence-corrected chi connectivity index (χ1v) is 9.52. The van der Waals surface area contributed by atoms with Crippen LogP contribution in [-0.2, 0) is 9.53 Å². The molecule has 0 fully saturated rings. The summed E-state index contributed by atoms with van der Waals surface area (Å²) in [5.41, 5.74) is 0. The van der Waals surface area contributed by atoms with Crippen molar-refractivity contribution in [1.29, 1.82) is 0 Å². The number of rotatable bonds is 16. The Hall–Kier alpha value is -0.830. The van der Waals surface area contributed by atoms with Crippen molar-refractivity contribution in [3.8, 4) is 0 Å². The summed E-state index contributed by atoms with van der Waals surface area (Å²) in [4.78, 5) is 11.6. The maximum atomic E-state index is 11.6. The van der Waals surface area contributed by atoms with E-state index in [1.807, 2.05) is 6.08 Å². The predicted octanol–water partition coefficient (Wildman–Crippen LogP) is 5.10. The van der Waals surface area contributed by atoms with E-state index >= 15 is 0 Å². The predicted molar refractivity (Wildman–Crippen MR) is 99.5 cm³/mol. The first kappa shape index (κ1) is 22.2. The van der Waals surface area contributed by atoms with E-state index < -0.39 is 0 Å². The molecule has 0 aromatic rings. The molecule has 136 valence electrons. The lowest BCUT2D eigenvalue weighted by Gasteiger charge is -2.23. The van der Waals surface area contributed by atoms with Crippen LogP contribution >= 0.6 is 0 Å². The second kappa shape index (κ2) is 14.7. The monoisotopic (exact) mass is 326 g/mol. The van der Waals surface area contributed by atoms with Gasteiger partial charge in [-0.05, 0) is 44.9 Å². The van der Waals surface area contributed by atoms with Gasteiger partial charge in [-0.15, -0.1) is 6.58 Å². The fourth-order valence-corrected chi connectivity index (χ4v) is 2.57. The van der Waals surface area contributed by atoms with Gasteiger partial charge in [0, 0.05) is 6.42 Å². The zero-order chi connectivity index (χ0) is 17.4. The van der Waals surface area contributed by atoms with E-state index in [0.29, 0.717) is 13.0 Å². The van der Waals surface area contributed by atoms with Gasteiger partial charge in [0.1, 0.15) is 0 Å². The van der Waals surface area contributed by atoms with E-state index in [-0.39, 0.29) is 5.97 Å². The van der Waals surface area contributed by atoms with E-state index in [0.717, 1.165) is 36.6 Å². The van der Waals surface area contributed by atoms with Gasteiger partial charge in [-0.1, -0.05) is 31.8 Å². The van der Waals surface area contributed by atoms with Crippen LogP contribution in [0, 0.1) is 0 Å². The molecule has 3 heteroatoms. The molecule has 0 bridgehead atoms. The number of carbonyl (C=O) groups is 1. The smallest absolute Gasteiger partial charge is 0.305 e. The van der Waals surface area contributed by atoms with Crippen LogP contribution in [0.15, 0.2) is 12.7 Å². The molecule has 0 aliphatic heterocycles. The number of hydrogen-bond donors (Lipinski definition) is 0. The maximum absolute atomic E-state index is 11.6. The summed E-state index contributed by atoms with van der Waals surface area (Å²) in [6.07, 6.45) is 15.5. The number of allylic oxidation sites excluding steroid dienone is 1. The summed E-state index contributed by atoms with van der Waals surface area (Å²) < 4.78 is 6.33. The van der Waals surface area contributed by atoms with Crippen LogP contribution in [0.2, 0.25) is 0 Å². The molecule has 0 heterocycles. The molecule has 0 amide bonds. The van der Waals surface area contributed by atoms with Gasteiger partial charge in [0.15, 0.2) is 0 Å². The highest BCUT2D eigenvalue weighted by Gasteiger charge is 2.06. The Kier molecular flexibility index (Phi) is 14.2. The highest BCUT2D eigenvalue weighted by molar-refractivity contribution is 5.69. The number of ether oxygens (including phenoxy) is 1. The number of unbranched alkanes of at least 4 members (excludes halogenated alkanes) is 9. The molecule has 23 heavy (non-hydrogen) atoms. The topological polar surface area (TPSA) is 26.3 Å². The Morgan fingerprint density at radius 3 is 2.09 bits per heavy atom. The Balaban J connectivity index is 3.23. The molecular weight excluding hydrogens is 286 g/mol. The highest BCUT2D eigenvalue weighted by atomic mass is 16.5. The fraction of sp³-hybridized carbons (Fsp3) is 0.850. The lowest BCUT2D eigenvalue weighted by molar-refractivity contribution is -0.870. The van der Waals surface area contributed by atoms with Gasteiger partial charge in [-0.2, -0.15) is 0 Å². The maximum Gasteiger partial charge on any atom is 0.305 e. The summed E-state index contributed by atoms with van der Waals surface area (Å²) in [5.74, 6) is -0.0111. The SMILES string of the molecule is C=CCCCCCCCCC(=O)OCCCCCC[N+](C)(C)C. The van der Waals surface area contributed by atoms with E-state index in [1.54, 1.807) is 0 Å². The van der Waals surface area contributed by atoms with Gasteiger partial charge in [0.2, 0.25) is 0 Å². The number of carbonyl (C=O) groups excluding carboxylic acids is 1. The molecule has 0 rings (SSSR count). The second-order valence-corrected chi connectivity index (χ2v) is 7.60. The van der Waals surface area contributed by atoms with Crippen LogP contribution in [0.5, 0.6) is 0 Å². The van der Waals surface area contributed by atoms with Crippen molar-refractivity contribution in [2.24, 2.45) is 0 Å². The molecular formula is C20H40NO2+. The van der Waals surface area contributed by atoms with E-state index in [1.165, 1.54) is 45.1 Å². The molecule has 0 aromatic carbocycles. The standard InChI is InChI=1S/C20H40NO2/c1-5-6-7-8-9-10-11-14-17-20(22)23-19-16-13-12-15-18-21(2,3)4/h5H,1,6-19H2,2-4H3/q+1. The third-order valence-corrected chi connectivity index (χ3v) is 4.03. The molecule has 0 N–H and O–H groups in total. The van der Waals surface area contributed by atoms with Crippen molar-refractivity contribution >= 4 is 5.97 Å². The lowest BCUT2D eigenvalue weighted by atomic mass is 10.1. The molecule has 0 spiro atoms. The second-order valence-electron chi connectivity index (χ2n) is 7.60. The van der Waals surface area contributed by atoms with Gasteiger partial charge >= 0.3 is 5.97 Å². The zero-order valence-corrected chi connectivity index (χ0v) is 15.9. The molecule has 0 atom stereocenters. The van der Waals surface area contributed by atoms with Crippen LogP contribution in [0.25, 0.3) is 0 Å². The van der Waals surface area contributed by atoms with Crippen molar-refractivity contribution in [1.82, 2.24) is 0 Å². The third-order valence-electron chi connectivity index (χ3n) is 4.03. The number of nitrogens with zero attached hydrogens (tertiary/aromatic N) is 1. The summed E-state index contributed by atoms with van der Waals surface area (Å²) in [6, 6.07) is 0. The third kappa shape index (κ3) is 19.1. The van der Waals surface area contributed by atoms with Crippen molar-refractivity contribution in [2.75, 3.05) is 34.3 Å². The minimum atomic E-state index is -0.0111. The van der Waals surface area contributed by atoms with Crippen molar-refractivity contribution in [3.05, 3.63) is 12.7 Å². The molecule has 3 nitrogen and oxygen atoms in total. The number of esters is 1. The molecule has 0 saturated carbocycles. The van der Waals surface area contributed by atoms with E-state index in [4.69, 9.17) is 4.74 Å². The lowest BCUT2D eigenvalue weighted by Crippen LogP contribution is -2.35. The number of hydrogen-bond acceptors (Lipinski definition) is 2. The van der Waals surface area contributed by atoms with Crippen LogP contribution in [-0.4, -0.2) is 44.7 Å². The van der Waals surface area contributed by atoms with Crippen LogP contribution in [0.4, 0.5) is 0 Å². The Morgan fingerprint density at radius 2 is 1.43 bits per heavy atom. The minimum Gasteiger partial charge on any atom is -0.466 e. The largest absolute Gasteiger partial charge is 0.466 e. The summed E-state index contributed by atoms with van der Waals surface area (Å²) in [6.45, 7) is 5.55. The quantitative estimate of drug-likeness (QED) is 0.171. The molecule has 0 unspecified atom stereocenters. The van der Waals surface area contributed by atoms with Crippen molar-refractivity contribution < 1.29 is 14.0 Å². The van der Waals surface area contributed by atoms with Gasteiger partial charge in [0.05, 0.1) is 34.3 Å². The molecule has 0 radical (unpaired) electrons. The molecule has 0 aliphatic carbocycles. The molecule has 0 aliphatic rings. The van der Waals surface area contributed by atoms with Crippen molar-refractivity contribution in [3.63, 3.8) is 0 Å². The molecule has 0 aromatic heterocycles. The minimum absolute atomic E-state index is 0.0111. The van der Waals surface area contributed by atoms with Crippen LogP contribution in [0.3, 0.4) is 0 Å². The summed E-state index contributed by atoms with van der Waals surface area (Å²) in [7, 11) is 6.68. The Bertz CT molecular complexity index is 295. The average molecular weight is 327 g/mol. The number of quaternary nitrogens is 1. The Morgan fingerprint density at radius 1 is 0.870 bits per heavy atom. The molecule has 0 saturated heterocycles. The van der Waals surface area contributed by atoms with Gasteiger partial charge in [-0.3, -0.25) is 4.79 Å². The first-order valence-electron chi connectivity index (χ1n) is 9.52. The summed E-state index contributed by atoms with van der Waals surface area (Å²) >= 11 is 0. The normalized spacial score (nSPS) is 11.4.